The lowest BCUT2D eigenvalue weighted by atomic mass is 9.96. The van der Waals surface area contributed by atoms with E-state index in [2.05, 4.69) is 22.7 Å². The number of hydrogen-bond donors (Lipinski definition) is 3. The molecule has 2 saturated heterocycles. The van der Waals surface area contributed by atoms with Crippen LogP contribution in [0.15, 0.2) is 30.5 Å². The highest BCUT2D eigenvalue weighted by atomic mass is 16.5. The van der Waals surface area contributed by atoms with Gasteiger partial charge in [0.15, 0.2) is 0 Å². The van der Waals surface area contributed by atoms with Crippen LogP contribution >= 0.6 is 0 Å². The molecular formula is C30H47N5O4. The maximum atomic E-state index is 13.2. The topological polar surface area (TPSA) is 109 Å². The zero-order valence-corrected chi connectivity index (χ0v) is 24.4. The Morgan fingerprint density at radius 2 is 1.90 bits per heavy atom. The lowest BCUT2D eigenvalue weighted by molar-refractivity contribution is -0.142. The Hall–Kier alpha value is -2.91. The summed E-state index contributed by atoms with van der Waals surface area (Å²) in [6.07, 6.45) is 3.31. The summed E-state index contributed by atoms with van der Waals surface area (Å²) >= 11 is 0. The van der Waals surface area contributed by atoms with Crippen molar-refractivity contribution < 1.29 is 19.4 Å². The first kappa shape index (κ1) is 30.6. The molecule has 1 aromatic heterocycles. The normalized spacial score (nSPS) is 20.4. The minimum Gasteiger partial charge on any atom is -0.490 e. The van der Waals surface area contributed by atoms with Crippen LogP contribution in [-0.4, -0.2) is 69.5 Å². The molecular weight excluding hydrogens is 494 g/mol. The minimum atomic E-state index is -0.694. The highest BCUT2D eigenvalue weighted by Crippen LogP contribution is 2.30. The number of aliphatic hydroxyl groups is 1. The van der Waals surface area contributed by atoms with Crippen LogP contribution in [0.5, 0.6) is 5.75 Å². The van der Waals surface area contributed by atoms with E-state index in [-0.39, 0.29) is 49.3 Å². The van der Waals surface area contributed by atoms with Crippen LogP contribution in [0.1, 0.15) is 66.4 Å². The molecule has 0 radical (unpaired) electrons. The van der Waals surface area contributed by atoms with E-state index in [0.717, 1.165) is 55.0 Å². The average Bonchev–Trinajstić information content (AvgIpc) is 3.59. The number of aryl methyl sites for hydroxylation is 1. The van der Waals surface area contributed by atoms with E-state index in [9.17, 15) is 14.7 Å². The Labute approximate surface area is 233 Å². The number of amides is 2. The third-order valence-corrected chi connectivity index (χ3v) is 7.67. The number of piperidine rings is 1. The van der Waals surface area contributed by atoms with Gasteiger partial charge in [0, 0.05) is 49.3 Å². The fourth-order valence-electron chi connectivity index (χ4n) is 5.05. The summed E-state index contributed by atoms with van der Waals surface area (Å²) < 4.78 is 8.41. The van der Waals surface area contributed by atoms with Crippen molar-refractivity contribution in [3.8, 4) is 17.0 Å². The van der Waals surface area contributed by atoms with Crippen molar-refractivity contribution in [1.29, 1.82) is 0 Å². The highest BCUT2D eigenvalue weighted by molar-refractivity contribution is 5.89. The maximum Gasteiger partial charge on any atom is 0.243 e. The van der Waals surface area contributed by atoms with Gasteiger partial charge >= 0.3 is 0 Å². The predicted molar refractivity (Wildman–Crippen MR) is 153 cm³/mol. The number of aromatic nitrogens is 2. The second kappa shape index (κ2) is 14.5. The molecule has 3 unspecified atom stereocenters. The molecule has 9 heteroatoms. The Morgan fingerprint density at radius 3 is 2.56 bits per heavy atom. The molecule has 2 aromatic rings. The Morgan fingerprint density at radius 1 is 1.18 bits per heavy atom. The van der Waals surface area contributed by atoms with Crippen molar-refractivity contribution in [1.82, 2.24) is 25.3 Å². The summed E-state index contributed by atoms with van der Waals surface area (Å²) in [5.74, 6) is 0.363. The predicted octanol–water partition coefficient (Wildman–Crippen LogP) is 3.60. The first-order valence-electron chi connectivity index (χ1n) is 14.6. The van der Waals surface area contributed by atoms with Crippen molar-refractivity contribution in [2.24, 2.45) is 11.8 Å². The van der Waals surface area contributed by atoms with E-state index in [1.165, 1.54) is 0 Å². The van der Waals surface area contributed by atoms with Gasteiger partial charge in [-0.05, 0) is 50.9 Å². The number of aliphatic hydroxyl groups excluding tert-OH is 1. The summed E-state index contributed by atoms with van der Waals surface area (Å²) in [6.45, 7) is 15.0. The van der Waals surface area contributed by atoms with Crippen molar-refractivity contribution >= 4 is 11.8 Å². The van der Waals surface area contributed by atoms with Crippen molar-refractivity contribution in [3.05, 3.63) is 36.0 Å². The van der Waals surface area contributed by atoms with E-state index in [0.29, 0.717) is 0 Å². The van der Waals surface area contributed by atoms with Gasteiger partial charge in [0.25, 0.3) is 0 Å². The van der Waals surface area contributed by atoms with Crippen LogP contribution < -0.4 is 15.4 Å². The van der Waals surface area contributed by atoms with Crippen LogP contribution in [-0.2, 0) is 22.7 Å². The number of carbonyl (C=O) groups excluding carboxylic acids is 2. The Bertz CT molecular complexity index is 1080. The molecule has 0 aliphatic carbocycles. The van der Waals surface area contributed by atoms with Gasteiger partial charge in [-0.1, -0.05) is 46.8 Å². The Kier molecular flexibility index (Phi) is 11.4. The van der Waals surface area contributed by atoms with E-state index in [4.69, 9.17) is 4.74 Å². The standard InChI is InChI=1S/C28H41N5O4.C2H6/c1-5-33-24(10-13-31-33)20-6-7-21(26(14-20)37-23-8-11-29-12-9-23)16-30-27(35)25-15-22(34)17-32(25)28(36)19(4)18(2)3;1-2/h6-7,10,13-14,18-19,22-23,25,29,34H,5,8-9,11-12,15-17H2,1-4H3,(H,30,35);1-2H3. The molecule has 4 rings (SSSR count). The number of likely N-dealkylation sites (tertiary alicyclic amines) is 1. The van der Waals surface area contributed by atoms with Gasteiger partial charge in [0.1, 0.15) is 17.9 Å². The van der Waals surface area contributed by atoms with Crippen LogP contribution in [0.2, 0.25) is 0 Å². The molecule has 0 spiro atoms. The van der Waals surface area contributed by atoms with Gasteiger partial charge in [-0.2, -0.15) is 5.10 Å². The van der Waals surface area contributed by atoms with E-state index < -0.39 is 12.1 Å². The molecule has 3 heterocycles. The molecule has 1 aromatic carbocycles. The zero-order valence-electron chi connectivity index (χ0n) is 24.4. The van der Waals surface area contributed by atoms with Gasteiger partial charge in [-0.3, -0.25) is 14.3 Å². The SMILES string of the molecule is CC.CCn1nccc1-c1ccc(CNC(=O)C2CC(O)CN2C(=O)C(C)C(C)C)c(OC2CCNCC2)c1. The van der Waals surface area contributed by atoms with Crippen molar-refractivity contribution in [2.75, 3.05) is 19.6 Å². The first-order valence-corrected chi connectivity index (χ1v) is 14.6. The molecule has 3 atom stereocenters. The number of β-amino-alcohol motifs (C(OH)–C–C–N with tert-alkyl or cyclic N) is 1. The number of ether oxygens (including phenoxy) is 1. The number of carbonyl (C=O) groups is 2. The van der Waals surface area contributed by atoms with Crippen molar-refractivity contribution in [2.45, 2.75) is 92.1 Å². The summed E-state index contributed by atoms with van der Waals surface area (Å²) in [5, 5.41) is 21.0. The van der Waals surface area contributed by atoms with E-state index in [1.807, 2.05) is 63.6 Å². The number of nitrogens with zero attached hydrogens (tertiary/aromatic N) is 3. The number of rotatable bonds is 9. The van der Waals surface area contributed by atoms with Crippen LogP contribution in [0.25, 0.3) is 11.3 Å². The summed E-state index contributed by atoms with van der Waals surface area (Å²) in [6, 6.07) is 7.37. The average molecular weight is 542 g/mol. The van der Waals surface area contributed by atoms with Crippen LogP contribution in [0.3, 0.4) is 0 Å². The summed E-state index contributed by atoms with van der Waals surface area (Å²) in [4.78, 5) is 27.8. The fraction of sp³-hybridized carbons (Fsp3) is 0.633. The molecule has 0 saturated carbocycles. The lowest BCUT2D eigenvalue weighted by Crippen LogP contribution is -2.48. The largest absolute Gasteiger partial charge is 0.490 e. The van der Waals surface area contributed by atoms with Crippen LogP contribution in [0.4, 0.5) is 0 Å². The lowest BCUT2D eigenvalue weighted by Gasteiger charge is -2.28. The quantitative estimate of drug-likeness (QED) is 0.448. The molecule has 2 aliphatic rings. The minimum absolute atomic E-state index is 0.0847. The van der Waals surface area contributed by atoms with E-state index in [1.54, 1.807) is 11.1 Å². The third kappa shape index (κ3) is 7.60. The Balaban J connectivity index is 0.00000205. The van der Waals surface area contributed by atoms with Gasteiger partial charge in [0.05, 0.1) is 11.8 Å². The summed E-state index contributed by atoms with van der Waals surface area (Å²) in [7, 11) is 0. The van der Waals surface area contributed by atoms with Crippen LogP contribution in [0, 0.1) is 11.8 Å². The second-order valence-corrected chi connectivity index (χ2v) is 10.6. The smallest absolute Gasteiger partial charge is 0.243 e. The summed E-state index contributed by atoms with van der Waals surface area (Å²) in [5.41, 5.74) is 2.91. The van der Waals surface area contributed by atoms with Gasteiger partial charge in [-0.25, -0.2) is 0 Å². The van der Waals surface area contributed by atoms with Gasteiger partial charge in [-0.15, -0.1) is 0 Å². The molecule has 3 N–H and O–H groups in total. The zero-order chi connectivity index (χ0) is 28.5. The molecule has 0 bridgehead atoms. The molecule has 2 fully saturated rings. The molecule has 2 aliphatic heterocycles. The second-order valence-electron chi connectivity index (χ2n) is 10.6. The maximum absolute atomic E-state index is 13.2. The number of nitrogens with one attached hydrogen (secondary N) is 2. The van der Waals surface area contributed by atoms with Gasteiger partial charge < -0.3 is 25.4 Å². The molecule has 9 nitrogen and oxygen atoms in total. The monoisotopic (exact) mass is 541 g/mol. The fourth-order valence-corrected chi connectivity index (χ4v) is 5.05. The first-order chi connectivity index (χ1) is 18.8. The van der Waals surface area contributed by atoms with E-state index >= 15 is 0 Å². The highest BCUT2D eigenvalue weighted by Gasteiger charge is 2.40. The molecule has 216 valence electrons. The number of hydrogen-bond acceptors (Lipinski definition) is 6. The number of benzene rings is 1. The molecule has 39 heavy (non-hydrogen) atoms. The van der Waals surface area contributed by atoms with Gasteiger partial charge in [0.2, 0.25) is 11.8 Å². The molecule has 2 amide bonds. The third-order valence-electron chi connectivity index (χ3n) is 7.67. The van der Waals surface area contributed by atoms with Crippen molar-refractivity contribution in [3.63, 3.8) is 0 Å².